The van der Waals surface area contributed by atoms with Crippen LogP contribution in [0.1, 0.15) is 11.3 Å². The van der Waals surface area contributed by atoms with Crippen LogP contribution in [0.3, 0.4) is 0 Å². The van der Waals surface area contributed by atoms with Crippen LogP contribution in [-0.2, 0) is 0 Å². The largest absolute Gasteiger partial charge is 0.398 e. The van der Waals surface area contributed by atoms with E-state index in [4.69, 9.17) is 5.73 Å². The summed E-state index contributed by atoms with van der Waals surface area (Å²) in [7, 11) is 0. The van der Waals surface area contributed by atoms with Crippen molar-refractivity contribution < 1.29 is 4.39 Å². The first kappa shape index (κ1) is 10.4. The molecule has 15 heavy (non-hydrogen) atoms. The van der Waals surface area contributed by atoms with E-state index in [1.165, 1.54) is 0 Å². The summed E-state index contributed by atoms with van der Waals surface area (Å²) in [5.41, 5.74) is 8.56. The third-order valence-electron chi connectivity index (χ3n) is 2.32. The van der Waals surface area contributed by atoms with Crippen molar-refractivity contribution in [3.8, 4) is 0 Å². The molecule has 2 nitrogen and oxygen atoms in total. The molecule has 0 fully saturated rings. The van der Waals surface area contributed by atoms with E-state index < -0.39 is 0 Å². The van der Waals surface area contributed by atoms with Crippen LogP contribution in [0, 0.1) is 19.7 Å². The Morgan fingerprint density at radius 1 is 1.33 bits per heavy atom. The second-order valence-electron chi connectivity index (χ2n) is 3.57. The summed E-state index contributed by atoms with van der Waals surface area (Å²) in [6.07, 6.45) is 0. The summed E-state index contributed by atoms with van der Waals surface area (Å²) in [6.45, 7) is 3.73. The molecule has 0 aliphatic rings. The van der Waals surface area contributed by atoms with Crippen LogP contribution in [-0.4, -0.2) is 4.98 Å². The fourth-order valence-corrected chi connectivity index (χ4v) is 2.20. The Kier molecular flexibility index (Phi) is 2.38. The quantitative estimate of drug-likeness (QED) is 0.796. The molecule has 78 valence electrons. The van der Waals surface area contributed by atoms with Crippen LogP contribution in [0.15, 0.2) is 16.6 Å². The lowest BCUT2D eigenvalue weighted by molar-refractivity contribution is 0.633. The van der Waals surface area contributed by atoms with Gasteiger partial charge in [0.2, 0.25) is 0 Å². The van der Waals surface area contributed by atoms with Crippen LogP contribution in [0.5, 0.6) is 0 Å². The third-order valence-corrected chi connectivity index (χ3v) is 2.90. The molecule has 0 bridgehead atoms. The van der Waals surface area contributed by atoms with Crippen LogP contribution < -0.4 is 5.73 Å². The summed E-state index contributed by atoms with van der Waals surface area (Å²) in [5, 5.41) is 0.396. The van der Waals surface area contributed by atoms with E-state index in [2.05, 4.69) is 20.9 Å². The van der Waals surface area contributed by atoms with Crippen molar-refractivity contribution >= 4 is 32.5 Å². The first-order valence-electron chi connectivity index (χ1n) is 4.52. The predicted molar refractivity (Wildman–Crippen MR) is 63.3 cm³/mol. The van der Waals surface area contributed by atoms with Gasteiger partial charge in [-0.2, -0.15) is 0 Å². The number of aromatic nitrogens is 1. The maximum Gasteiger partial charge on any atom is 0.148 e. The highest BCUT2D eigenvalue weighted by Crippen LogP contribution is 2.31. The highest BCUT2D eigenvalue weighted by atomic mass is 79.9. The molecule has 0 spiro atoms. The molecule has 0 aliphatic carbocycles. The molecule has 0 saturated carbocycles. The molecule has 2 aromatic rings. The molecule has 0 unspecified atom stereocenters. The Hall–Kier alpha value is -1.16. The fourth-order valence-electron chi connectivity index (χ4n) is 1.66. The lowest BCUT2D eigenvalue weighted by Gasteiger charge is -2.08. The number of benzene rings is 1. The Morgan fingerprint density at radius 3 is 2.67 bits per heavy atom. The van der Waals surface area contributed by atoms with E-state index in [-0.39, 0.29) is 5.82 Å². The average molecular weight is 269 g/mol. The summed E-state index contributed by atoms with van der Waals surface area (Å²) < 4.78 is 14.2. The van der Waals surface area contributed by atoms with Gasteiger partial charge in [-0.15, -0.1) is 0 Å². The number of fused-ring (bicyclic) bond motifs is 1. The molecule has 0 radical (unpaired) electrons. The maximum atomic E-state index is 13.8. The third kappa shape index (κ3) is 1.59. The Bertz CT molecular complexity index is 552. The van der Waals surface area contributed by atoms with Gasteiger partial charge >= 0.3 is 0 Å². The zero-order chi connectivity index (χ0) is 11.2. The van der Waals surface area contributed by atoms with E-state index >= 15 is 0 Å². The zero-order valence-electron chi connectivity index (χ0n) is 8.44. The highest BCUT2D eigenvalue weighted by Gasteiger charge is 2.12. The zero-order valence-corrected chi connectivity index (χ0v) is 10.0. The number of nitrogens with two attached hydrogens (primary N) is 1. The first-order valence-corrected chi connectivity index (χ1v) is 5.31. The predicted octanol–water partition coefficient (Wildman–Crippen LogP) is 3.34. The molecule has 1 aromatic heterocycles. The minimum Gasteiger partial charge on any atom is -0.398 e. The van der Waals surface area contributed by atoms with Gasteiger partial charge in [0.1, 0.15) is 5.82 Å². The van der Waals surface area contributed by atoms with Crippen molar-refractivity contribution in [1.82, 2.24) is 4.98 Å². The molecule has 2 rings (SSSR count). The van der Waals surface area contributed by atoms with Gasteiger partial charge in [0.05, 0.1) is 15.4 Å². The minimum absolute atomic E-state index is 0.347. The van der Waals surface area contributed by atoms with Crippen LogP contribution in [0.4, 0.5) is 10.1 Å². The molecular formula is C11H10BrFN2. The van der Waals surface area contributed by atoms with Gasteiger partial charge in [-0.3, -0.25) is 4.98 Å². The van der Waals surface area contributed by atoms with Gasteiger partial charge in [-0.1, -0.05) is 0 Å². The van der Waals surface area contributed by atoms with Crippen LogP contribution >= 0.6 is 15.9 Å². The minimum atomic E-state index is -0.347. The topological polar surface area (TPSA) is 38.9 Å². The van der Waals surface area contributed by atoms with E-state index in [1.54, 1.807) is 12.1 Å². The Balaban J connectivity index is 3.03. The molecule has 0 amide bonds. The number of halogens is 2. The number of nitrogen functional groups attached to an aromatic ring is 1. The number of hydrogen-bond donors (Lipinski definition) is 1. The summed E-state index contributed by atoms with van der Waals surface area (Å²) in [6, 6.07) is 3.39. The second kappa shape index (κ2) is 3.45. The van der Waals surface area contributed by atoms with Gasteiger partial charge in [-0.05, 0) is 47.5 Å². The number of anilines is 1. The van der Waals surface area contributed by atoms with E-state index in [0.717, 1.165) is 11.3 Å². The molecule has 1 heterocycles. The summed E-state index contributed by atoms with van der Waals surface area (Å²) in [5.74, 6) is -0.347. The fraction of sp³-hybridized carbons (Fsp3) is 0.182. The van der Waals surface area contributed by atoms with Gasteiger partial charge in [0.15, 0.2) is 0 Å². The van der Waals surface area contributed by atoms with Crippen molar-refractivity contribution in [1.29, 1.82) is 0 Å². The van der Waals surface area contributed by atoms with Crippen molar-refractivity contribution in [2.75, 3.05) is 5.73 Å². The molecule has 4 heteroatoms. The van der Waals surface area contributed by atoms with E-state index in [1.807, 2.05) is 13.8 Å². The monoisotopic (exact) mass is 268 g/mol. The number of hydrogen-bond acceptors (Lipinski definition) is 2. The number of aryl methyl sites for hydroxylation is 2. The maximum absolute atomic E-state index is 13.8. The Morgan fingerprint density at radius 2 is 2.00 bits per heavy atom. The van der Waals surface area contributed by atoms with Gasteiger partial charge in [0, 0.05) is 11.4 Å². The lowest BCUT2D eigenvalue weighted by Crippen LogP contribution is -1.97. The van der Waals surface area contributed by atoms with Gasteiger partial charge in [-0.25, -0.2) is 4.39 Å². The van der Waals surface area contributed by atoms with Crippen LogP contribution in [0.2, 0.25) is 0 Å². The van der Waals surface area contributed by atoms with Crippen molar-refractivity contribution in [3.05, 3.63) is 33.7 Å². The average Bonchev–Trinajstić information content (AvgIpc) is 2.13. The van der Waals surface area contributed by atoms with Gasteiger partial charge < -0.3 is 5.73 Å². The Labute approximate surface area is 95.4 Å². The molecule has 2 N–H and O–H groups in total. The standard InChI is InChI=1S/C11H10BrFN2/c1-5-3-7(12)10(13)9-8(14)4-6(2)15-11(5)9/h3-4H,1-2H3,(H2,14,15). The lowest BCUT2D eigenvalue weighted by atomic mass is 10.1. The van der Waals surface area contributed by atoms with Crippen molar-refractivity contribution in [3.63, 3.8) is 0 Å². The van der Waals surface area contributed by atoms with Gasteiger partial charge in [0.25, 0.3) is 0 Å². The van der Waals surface area contributed by atoms with E-state index in [0.29, 0.717) is 21.1 Å². The molecule has 0 aliphatic heterocycles. The van der Waals surface area contributed by atoms with Crippen molar-refractivity contribution in [2.24, 2.45) is 0 Å². The smallest absolute Gasteiger partial charge is 0.148 e. The molecular weight excluding hydrogens is 259 g/mol. The van der Waals surface area contributed by atoms with E-state index in [9.17, 15) is 4.39 Å². The molecule has 0 saturated heterocycles. The van der Waals surface area contributed by atoms with Crippen molar-refractivity contribution in [2.45, 2.75) is 13.8 Å². The SMILES string of the molecule is Cc1cc(N)c2c(F)c(Br)cc(C)c2n1. The van der Waals surface area contributed by atoms with Crippen LogP contribution in [0.25, 0.3) is 10.9 Å². The highest BCUT2D eigenvalue weighted by molar-refractivity contribution is 9.10. The molecule has 0 atom stereocenters. The summed E-state index contributed by atoms with van der Waals surface area (Å²) >= 11 is 3.16. The molecule has 1 aromatic carbocycles. The first-order chi connectivity index (χ1) is 7.00. The number of rotatable bonds is 0. The number of pyridine rings is 1. The second-order valence-corrected chi connectivity index (χ2v) is 4.42. The number of nitrogens with zero attached hydrogens (tertiary/aromatic N) is 1. The summed E-state index contributed by atoms with van der Waals surface area (Å²) in [4.78, 5) is 4.30. The normalized spacial score (nSPS) is 10.9.